The zero-order valence-corrected chi connectivity index (χ0v) is 27.5. The van der Waals surface area contributed by atoms with Gasteiger partial charge in [0.2, 0.25) is 10.0 Å². The lowest BCUT2D eigenvalue weighted by atomic mass is 9.90. The van der Waals surface area contributed by atoms with E-state index in [0.29, 0.717) is 29.7 Å². The second-order valence-electron chi connectivity index (χ2n) is 12.4. The van der Waals surface area contributed by atoms with Gasteiger partial charge >= 0.3 is 12.2 Å². The van der Waals surface area contributed by atoms with Crippen LogP contribution in [0.2, 0.25) is 0 Å². The van der Waals surface area contributed by atoms with E-state index in [2.05, 4.69) is 30.8 Å². The summed E-state index contributed by atoms with van der Waals surface area (Å²) >= 11 is 1.56. The van der Waals surface area contributed by atoms with Crippen LogP contribution in [0.15, 0.2) is 29.3 Å². The number of ether oxygens (including phenoxy) is 2. The first kappa shape index (κ1) is 34.7. The Morgan fingerprint density at radius 1 is 1.12 bits per heavy atom. The average molecular weight is 638 g/mol. The Balaban J connectivity index is 0.000000646. The predicted molar refractivity (Wildman–Crippen MR) is 170 cm³/mol. The number of aromatic nitrogens is 1. The molecule has 4 rings (SSSR count). The Morgan fingerprint density at radius 3 is 2.37 bits per heavy atom. The van der Waals surface area contributed by atoms with E-state index < -0.39 is 27.7 Å². The van der Waals surface area contributed by atoms with Gasteiger partial charge in [-0.2, -0.15) is 0 Å². The van der Waals surface area contributed by atoms with Crippen molar-refractivity contribution in [2.75, 3.05) is 25.0 Å². The molecule has 43 heavy (non-hydrogen) atoms. The Morgan fingerprint density at radius 2 is 1.79 bits per heavy atom. The quantitative estimate of drug-likeness (QED) is 0.275. The number of nitrogens with two attached hydrogens (primary N) is 1. The molecule has 2 heterocycles. The number of carbonyl (C=O) groups is 2. The SMILES string of the molecule is CC(C)(C)NS(=O)(=O)c1cc(NC(=O)OCC2CCNCC2)ccc1-c1cnc(C2CCCCC2)s1.CC(C)OC(N)=O. The maximum atomic E-state index is 13.4. The number of sulfonamides is 1. The molecule has 2 fully saturated rings. The van der Waals surface area contributed by atoms with Crippen LogP contribution in [-0.4, -0.2) is 56.9 Å². The van der Waals surface area contributed by atoms with Crippen molar-refractivity contribution >= 4 is 39.2 Å². The average Bonchev–Trinajstić information content (AvgIpc) is 3.42. The van der Waals surface area contributed by atoms with Gasteiger partial charge in [0.05, 0.1) is 27.5 Å². The number of nitrogens with one attached hydrogen (secondary N) is 3. The van der Waals surface area contributed by atoms with Gasteiger partial charge in [-0.25, -0.2) is 27.7 Å². The van der Waals surface area contributed by atoms with Crippen LogP contribution in [0.4, 0.5) is 15.3 Å². The van der Waals surface area contributed by atoms with Gasteiger partial charge < -0.3 is 20.5 Å². The van der Waals surface area contributed by atoms with E-state index in [1.165, 1.54) is 25.3 Å². The van der Waals surface area contributed by atoms with Gasteiger partial charge in [-0.15, -0.1) is 11.3 Å². The summed E-state index contributed by atoms with van der Waals surface area (Å²) in [5, 5.41) is 7.08. The lowest BCUT2D eigenvalue weighted by molar-refractivity contribution is 0.125. The highest BCUT2D eigenvalue weighted by Gasteiger charge is 2.27. The zero-order chi connectivity index (χ0) is 31.6. The molecule has 13 heteroatoms. The second kappa shape index (κ2) is 15.8. The highest BCUT2D eigenvalue weighted by atomic mass is 32.2. The standard InChI is InChI=1S/C26H38N4O4S2.C4H9NO2/c1-26(2,3)30-36(32,33)23-15-20(29-25(31)34-17-18-11-13-27-14-12-18)9-10-21(23)22-16-28-24(35-22)19-7-5-4-6-8-19;1-3(2)7-4(5)6/h9-10,15-16,18-19,27,30H,4-8,11-14,17H2,1-3H3,(H,29,31);3H,1-2H3,(H2,5,6). The molecule has 1 aromatic heterocycles. The molecule has 1 saturated carbocycles. The number of hydrogen-bond donors (Lipinski definition) is 4. The molecule has 0 spiro atoms. The Kier molecular flexibility index (Phi) is 12.8. The van der Waals surface area contributed by atoms with E-state index in [-0.39, 0.29) is 11.0 Å². The third-order valence-electron chi connectivity index (χ3n) is 6.96. The number of piperidine rings is 1. The second-order valence-corrected chi connectivity index (χ2v) is 15.1. The van der Waals surface area contributed by atoms with E-state index in [0.717, 1.165) is 48.7 Å². The molecule has 2 amide bonds. The first-order chi connectivity index (χ1) is 20.2. The van der Waals surface area contributed by atoms with E-state index in [9.17, 15) is 18.0 Å². The number of hydrogen-bond acceptors (Lipinski definition) is 9. The van der Waals surface area contributed by atoms with Crippen molar-refractivity contribution < 1.29 is 27.5 Å². The summed E-state index contributed by atoms with van der Waals surface area (Å²) in [5.41, 5.74) is 4.93. The molecule has 1 aromatic carbocycles. The number of benzene rings is 1. The van der Waals surface area contributed by atoms with Gasteiger partial charge in [0.15, 0.2) is 0 Å². The van der Waals surface area contributed by atoms with Crippen LogP contribution in [0, 0.1) is 5.92 Å². The summed E-state index contributed by atoms with van der Waals surface area (Å²) in [5.74, 6) is 0.789. The van der Waals surface area contributed by atoms with E-state index in [4.69, 9.17) is 4.74 Å². The van der Waals surface area contributed by atoms with E-state index >= 15 is 0 Å². The molecule has 1 saturated heterocycles. The fourth-order valence-corrected chi connectivity index (χ4v) is 7.92. The van der Waals surface area contributed by atoms with Crippen molar-refractivity contribution in [1.29, 1.82) is 0 Å². The third-order valence-corrected chi connectivity index (χ3v) is 9.95. The zero-order valence-electron chi connectivity index (χ0n) is 25.9. The van der Waals surface area contributed by atoms with Crippen molar-refractivity contribution in [3.8, 4) is 10.4 Å². The Bertz CT molecular complexity index is 1310. The highest BCUT2D eigenvalue weighted by molar-refractivity contribution is 7.89. The first-order valence-electron chi connectivity index (χ1n) is 15.0. The van der Waals surface area contributed by atoms with Crippen molar-refractivity contribution in [1.82, 2.24) is 15.0 Å². The molecule has 0 unspecified atom stereocenters. The van der Waals surface area contributed by atoms with Gasteiger partial charge in [-0.3, -0.25) is 5.32 Å². The molecule has 1 aliphatic heterocycles. The largest absolute Gasteiger partial charge is 0.449 e. The molecule has 5 N–H and O–H groups in total. The van der Waals surface area contributed by atoms with Crippen LogP contribution >= 0.6 is 11.3 Å². The lowest BCUT2D eigenvalue weighted by Crippen LogP contribution is -2.40. The van der Waals surface area contributed by atoms with Crippen molar-refractivity contribution in [2.45, 2.75) is 102 Å². The fraction of sp³-hybridized carbons (Fsp3) is 0.633. The van der Waals surface area contributed by atoms with E-state index in [1.54, 1.807) is 64.3 Å². The maximum Gasteiger partial charge on any atom is 0.411 e. The molecule has 1 aliphatic carbocycles. The molecule has 0 bridgehead atoms. The minimum absolute atomic E-state index is 0.0995. The smallest absolute Gasteiger partial charge is 0.411 e. The number of nitrogens with zero attached hydrogens (tertiary/aromatic N) is 1. The fourth-order valence-electron chi connectivity index (χ4n) is 5.06. The molecular weight excluding hydrogens is 590 g/mol. The minimum atomic E-state index is -3.87. The Hall–Kier alpha value is -2.74. The van der Waals surface area contributed by atoms with Gasteiger partial charge in [0.1, 0.15) is 0 Å². The van der Waals surface area contributed by atoms with Crippen molar-refractivity contribution in [3.05, 3.63) is 29.4 Å². The molecule has 240 valence electrons. The van der Waals surface area contributed by atoms with Crippen LogP contribution in [0.1, 0.15) is 90.5 Å². The predicted octanol–water partition coefficient (Wildman–Crippen LogP) is 5.97. The van der Waals surface area contributed by atoms with Crippen LogP contribution in [0.5, 0.6) is 0 Å². The Labute approximate surface area is 259 Å². The number of primary amides is 1. The third kappa shape index (κ3) is 11.7. The molecule has 11 nitrogen and oxygen atoms in total. The summed E-state index contributed by atoms with van der Waals surface area (Å²) in [6.45, 7) is 11.1. The first-order valence-corrected chi connectivity index (χ1v) is 17.3. The van der Waals surface area contributed by atoms with E-state index in [1.807, 2.05) is 0 Å². The maximum absolute atomic E-state index is 13.4. The number of thiazole rings is 1. The van der Waals surface area contributed by atoms with Gasteiger partial charge in [-0.05, 0) is 91.4 Å². The molecule has 0 atom stereocenters. The number of rotatable bonds is 8. The van der Waals surface area contributed by atoms with Crippen molar-refractivity contribution in [2.24, 2.45) is 11.7 Å². The van der Waals surface area contributed by atoms with Crippen LogP contribution in [0.25, 0.3) is 10.4 Å². The molecular formula is C30H47N5O6S2. The van der Waals surface area contributed by atoms with Crippen LogP contribution < -0.4 is 21.1 Å². The summed E-state index contributed by atoms with van der Waals surface area (Å²) in [7, 11) is -3.87. The highest BCUT2D eigenvalue weighted by Crippen LogP contribution is 2.39. The van der Waals surface area contributed by atoms with Crippen molar-refractivity contribution in [3.63, 3.8) is 0 Å². The minimum Gasteiger partial charge on any atom is -0.449 e. The van der Waals surface area contributed by atoms with Gasteiger partial charge in [-0.1, -0.05) is 25.3 Å². The monoisotopic (exact) mass is 637 g/mol. The number of anilines is 1. The van der Waals surface area contributed by atoms with Crippen LogP contribution in [0.3, 0.4) is 0 Å². The summed E-state index contributed by atoms with van der Waals surface area (Å²) in [4.78, 5) is 27.9. The summed E-state index contributed by atoms with van der Waals surface area (Å²) in [6, 6.07) is 4.98. The van der Waals surface area contributed by atoms with Crippen LogP contribution in [-0.2, 0) is 19.5 Å². The van der Waals surface area contributed by atoms with Gasteiger partial charge in [0.25, 0.3) is 0 Å². The number of amides is 2. The molecule has 0 radical (unpaired) electrons. The molecule has 2 aliphatic rings. The normalized spacial score (nSPS) is 16.7. The molecule has 2 aromatic rings. The summed E-state index contributed by atoms with van der Waals surface area (Å²) in [6.07, 6.45) is 8.29. The van der Waals surface area contributed by atoms with Gasteiger partial charge in [0, 0.05) is 28.9 Å². The number of carbonyl (C=O) groups excluding carboxylic acids is 2. The topological polar surface area (TPSA) is 162 Å². The summed E-state index contributed by atoms with van der Waals surface area (Å²) < 4.78 is 39.5. The lowest BCUT2D eigenvalue weighted by Gasteiger charge is -2.23.